The Morgan fingerprint density at radius 1 is 1.19 bits per heavy atom. The zero-order valence-corrected chi connectivity index (χ0v) is 15.5. The van der Waals surface area contributed by atoms with Crippen molar-refractivity contribution in [2.24, 2.45) is 0 Å². The predicted octanol–water partition coefficient (Wildman–Crippen LogP) is 2.07. The van der Waals surface area contributed by atoms with Gasteiger partial charge in [0.15, 0.2) is 5.69 Å². The van der Waals surface area contributed by atoms with Gasteiger partial charge in [-0.3, -0.25) is 9.78 Å². The minimum atomic E-state index is -0.0961. The van der Waals surface area contributed by atoms with Crippen molar-refractivity contribution in [3.63, 3.8) is 0 Å². The molecule has 1 amide bonds. The van der Waals surface area contributed by atoms with Crippen molar-refractivity contribution in [1.29, 1.82) is 0 Å². The molecule has 0 bridgehead atoms. The third-order valence-electron chi connectivity index (χ3n) is 4.95. The number of carbonyl (C=O) groups excluding carboxylic acids is 1. The van der Waals surface area contributed by atoms with Gasteiger partial charge in [-0.05, 0) is 37.6 Å². The molecule has 1 unspecified atom stereocenters. The van der Waals surface area contributed by atoms with Crippen LogP contribution in [0.15, 0.2) is 48.8 Å². The van der Waals surface area contributed by atoms with Crippen LogP contribution in [-0.4, -0.2) is 50.4 Å². The van der Waals surface area contributed by atoms with Crippen molar-refractivity contribution in [3.05, 3.63) is 71.3 Å². The van der Waals surface area contributed by atoms with E-state index in [1.807, 2.05) is 61.3 Å². The van der Waals surface area contributed by atoms with Crippen LogP contribution in [0.2, 0.25) is 0 Å². The van der Waals surface area contributed by atoms with E-state index in [-0.39, 0.29) is 11.9 Å². The summed E-state index contributed by atoms with van der Waals surface area (Å²) in [5.74, 6) is -0.0961. The SMILES string of the molecule is Cc1ccc(-n2nnc(C(=O)N3CCNCC3c3cccnc3)c2C)cc1. The molecule has 4 rings (SSSR count). The van der Waals surface area contributed by atoms with E-state index in [0.29, 0.717) is 18.8 Å². The lowest BCUT2D eigenvalue weighted by atomic mass is 10.0. The predicted molar refractivity (Wildman–Crippen MR) is 102 cm³/mol. The number of carbonyl (C=O) groups is 1. The molecular weight excluding hydrogens is 340 g/mol. The molecule has 3 heterocycles. The quantitative estimate of drug-likeness (QED) is 0.772. The average molecular weight is 362 g/mol. The van der Waals surface area contributed by atoms with Gasteiger partial charge in [0.25, 0.3) is 5.91 Å². The lowest BCUT2D eigenvalue weighted by Gasteiger charge is -2.36. The Bertz CT molecular complexity index is 935. The number of rotatable bonds is 3. The monoisotopic (exact) mass is 362 g/mol. The summed E-state index contributed by atoms with van der Waals surface area (Å²) < 4.78 is 1.72. The van der Waals surface area contributed by atoms with Gasteiger partial charge in [-0.25, -0.2) is 4.68 Å². The van der Waals surface area contributed by atoms with Crippen molar-refractivity contribution in [1.82, 2.24) is 30.2 Å². The molecule has 1 aromatic carbocycles. The molecule has 7 nitrogen and oxygen atoms in total. The van der Waals surface area contributed by atoms with E-state index < -0.39 is 0 Å². The van der Waals surface area contributed by atoms with E-state index >= 15 is 0 Å². The Hall–Kier alpha value is -3.06. The number of nitrogens with zero attached hydrogens (tertiary/aromatic N) is 5. The highest BCUT2D eigenvalue weighted by Crippen LogP contribution is 2.24. The number of hydrogen-bond donors (Lipinski definition) is 1. The molecule has 0 radical (unpaired) electrons. The number of amides is 1. The first kappa shape index (κ1) is 17.4. The topological polar surface area (TPSA) is 75.9 Å². The fourth-order valence-corrected chi connectivity index (χ4v) is 3.41. The maximum absolute atomic E-state index is 13.3. The number of benzene rings is 1. The van der Waals surface area contributed by atoms with Crippen molar-refractivity contribution in [3.8, 4) is 5.69 Å². The normalized spacial score (nSPS) is 17.1. The second-order valence-corrected chi connectivity index (χ2v) is 6.78. The summed E-state index contributed by atoms with van der Waals surface area (Å²) in [7, 11) is 0. The summed E-state index contributed by atoms with van der Waals surface area (Å²) in [6.07, 6.45) is 3.55. The minimum Gasteiger partial charge on any atom is -0.328 e. The highest BCUT2D eigenvalue weighted by Gasteiger charge is 2.31. The maximum atomic E-state index is 13.3. The second-order valence-electron chi connectivity index (χ2n) is 6.78. The molecule has 2 aromatic heterocycles. The molecule has 0 spiro atoms. The van der Waals surface area contributed by atoms with E-state index in [2.05, 4.69) is 20.6 Å². The molecule has 7 heteroatoms. The Labute approximate surface area is 158 Å². The Kier molecular flexibility index (Phi) is 4.68. The molecule has 1 N–H and O–H groups in total. The zero-order chi connectivity index (χ0) is 18.8. The third-order valence-corrected chi connectivity index (χ3v) is 4.95. The maximum Gasteiger partial charge on any atom is 0.276 e. The van der Waals surface area contributed by atoms with Crippen molar-refractivity contribution in [2.75, 3.05) is 19.6 Å². The number of hydrogen-bond acceptors (Lipinski definition) is 5. The summed E-state index contributed by atoms with van der Waals surface area (Å²) >= 11 is 0. The number of piperazine rings is 1. The molecule has 138 valence electrons. The molecule has 27 heavy (non-hydrogen) atoms. The molecular formula is C20H22N6O. The van der Waals surface area contributed by atoms with Gasteiger partial charge in [-0.1, -0.05) is 29.0 Å². The molecule has 1 aliphatic rings. The van der Waals surface area contributed by atoms with Gasteiger partial charge in [0.1, 0.15) is 0 Å². The van der Waals surface area contributed by atoms with Crippen LogP contribution in [0.1, 0.15) is 33.4 Å². The van der Waals surface area contributed by atoms with Crippen LogP contribution in [0.25, 0.3) is 5.69 Å². The van der Waals surface area contributed by atoms with E-state index in [1.165, 1.54) is 5.56 Å². The summed E-state index contributed by atoms with van der Waals surface area (Å²) in [5, 5.41) is 11.8. The second kappa shape index (κ2) is 7.28. The zero-order valence-electron chi connectivity index (χ0n) is 15.5. The first-order valence-electron chi connectivity index (χ1n) is 9.06. The molecule has 1 fully saturated rings. The number of aromatic nitrogens is 4. The summed E-state index contributed by atoms with van der Waals surface area (Å²) in [4.78, 5) is 19.3. The standard InChI is InChI=1S/C20H22N6O/c1-14-5-7-17(8-6-14)26-15(2)19(23-24-26)20(27)25-11-10-22-13-18(25)16-4-3-9-21-12-16/h3-9,12,18,22H,10-11,13H2,1-2H3. The van der Waals surface area contributed by atoms with Crippen molar-refractivity contribution < 1.29 is 4.79 Å². The van der Waals surface area contributed by atoms with E-state index in [9.17, 15) is 4.79 Å². The van der Waals surface area contributed by atoms with Gasteiger partial charge in [0.2, 0.25) is 0 Å². The van der Waals surface area contributed by atoms with E-state index in [4.69, 9.17) is 0 Å². The van der Waals surface area contributed by atoms with Gasteiger partial charge in [0.05, 0.1) is 17.4 Å². The lowest BCUT2D eigenvalue weighted by Crippen LogP contribution is -2.49. The van der Waals surface area contributed by atoms with Crippen LogP contribution >= 0.6 is 0 Å². The minimum absolute atomic E-state index is 0.0659. The summed E-state index contributed by atoms with van der Waals surface area (Å²) in [5.41, 5.74) is 4.22. The van der Waals surface area contributed by atoms with Crippen molar-refractivity contribution in [2.45, 2.75) is 19.9 Å². The number of nitrogens with one attached hydrogen (secondary N) is 1. The van der Waals surface area contributed by atoms with Crippen LogP contribution < -0.4 is 5.32 Å². The molecule has 1 atom stereocenters. The largest absolute Gasteiger partial charge is 0.328 e. The van der Waals surface area contributed by atoms with Crippen LogP contribution in [0, 0.1) is 13.8 Å². The average Bonchev–Trinajstić information content (AvgIpc) is 3.10. The summed E-state index contributed by atoms with van der Waals surface area (Å²) in [6.45, 7) is 6.00. The molecule has 1 saturated heterocycles. The fraction of sp³-hybridized carbons (Fsp3) is 0.300. The number of pyridine rings is 1. The Morgan fingerprint density at radius 2 is 2.00 bits per heavy atom. The first-order valence-corrected chi connectivity index (χ1v) is 9.06. The van der Waals surface area contributed by atoms with E-state index in [1.54, 1.807) is 10.9 Å². The number of aryl methyl sites for hydroxylation is 1. The van der Waals surface area contributed by atoms with Gasteiger partial charge in [-0.2, -0.15) is 0 Å². The first-order chi connectivity index (χ1) is 13.1. The molecule has 3 aromatic rings. The lowest BCUT2D eigenvalue weighted by molar-refractivity contribution is 0.0627. The Balaban J connectivity index is 1.65. The fourth-order valence-electron chi connectivity index (χ4n) is 3.41. The molecule has 0 aliphatic carbocycles. The van der Waals surface area contributed by atoms with Gasteiger partial charge in [0, 0.05) is 32.0 Å². The van der Waals surface area contributed by atoms with Gasteiger partial charge < -0.3 is 10.2 Å². The van der Waals surface area contributed by atoms with Crippen LogP contribution in [0.4, 0.5) is 0 Å². The highest BCUT2D eigenvalue weighted by atomic mass is 16.2. The summed E-state index contributed by atoms with van der Waals surface area (Å²) in [6, 6.07) is 11.8. The third kappa shape index (κ3) is 3.33. The smallest absolute Gasteiger partial charge is 0.276 e. The Morgan fingerprint density at radius 3 is 2.74 bits per heavy atom. The van der Waals surface area contributed by atoms with E-state index in [0.717, 1.165) is 23.5 Å². The molecule has 0 saturated carbocycles. The van der Waals surface area contributed by atoms with Crippen LogP contribution in [0.5, 0.6) is 0 Å². The van der Waals surface area contributed by atoms with Gasteiger partial charge >= 0.3 is 0 Å². The van der Waals surface area contributed by atoms with Crippen LogP contribution in [0.3, 0.4) is 0 Å². The highest BCUT2D eigenvalue weighted by molar-refractivity contribution is 5.93. The van der Waals surface area contributed by atoms with Gasteiger partial charge in [-0.15, -0.1) is 5.10 Å². The molecule has 1 aliphatic heterocycles. The van der Waals surface area contributed by atoms with Crippen LogP contribution in [-0.2, 0) is 0 Å². The van der Waals surface area contributed by atoms with Crippen molar-refractivity contribution >= 4 is 5.91 Å².